The lowest BCUT2D eigenvalue weighted by molar-refractivity contribution is 0.0977. The smallest absolute Gasteiger partial charge is 0.257 e. The molecule has 0 radical (unpaired) electrons. The van der Waals surface area contributed by atoms with Gasteiger partial charge in [0.2, 0.25) is 5.89 Å². The number of hydrogen-bond acceptors (Lipinski definition) is 5. The molecule has 0 aliphatic heterocycles. The highest BCUT2D eigenvalue weighted by atomic mass is 127. The molecule has 1 heterocycles. The number of rotatable bonds is 3. The fourth-order valence-electron chi connectivity index (χ4n) is 2.71. The predicted octanol–water partition coefficient (Wildman–Crippen LogP) is 5.69. The SMILES string of the molecule is O=C(NC(=S)Nc1ccc2oc(-c3ccc(O)c(Br)c3)nc2c1)c1ccc(I)cc1. The Morgan fingerprint density at radius 2 is 1.87 bits per heavy atom. The summed E-state index contributed by atoms with van der Waals surface area (Å²) in [6.45, 7) is 0. The molecule has 3 aromatic carbocycles. The first-order valence-electron chi connectivity index (χ1n) is 8.66. The predicted molar refractivity (Wildman–Crippen MR) is 132 cm³/mol. The number of nitrogens with zero attached hydrogens (tertiary/aromatic N) is 1. The number of carbonyl (C=O) groups excluding carboxylic acids is 1. The highest BCUT2D eigenvalue weighted by molar-refractivity contribution is 14.1. The van der Waals surface area contributed by atoms with Gasteiger partial charge in [-0.05, 0) is 111 Å². The first-order chi connectivity index (χ1) is 14.4. The van der Waals surface area contributed by atoms with Crippen LogP contribution in [0.5, 0.6) is 5.75 Å². The van der Waals surface area contributed by atoms with Crippen LogP contribution in [0.1, 0.15) is 10.4 Å². The second-order valence-corrected chi connectivity index (χ2v) is 8.79. The molecule has 0 unspecified atom stereocenters. The van der Waals surface area contributed by atoms with Crippen LogP contribution in [0.2, 0.25) is 0 Å². The molecule has 0 atom stereocenters. The van der Waals surface area contributed by atoms with E-state index in [1.165, 1.54) is 0 Å². The van der Waals surface area contributed by atoms with Crippen molar-refractivity contribution in [1.82, 2.24) is 10.3 Å². The normalized spacial score (nSPS) is 10.7. The molecule has 1 amide bonds. The molecule has 0 bridgehead atoms. The maximum Gasteiger partial charge on any atom is 0.257 e. The molecule has 9 heteroatoms. The van der Waals surface area contributed by atoms with Crippen molar-refractivity contribution in [2.75, 3.05) is 5.32 Å². The maximum atomic E-state index is 12.3. The van der Waals surface area contributed by atoms with Gasteiger partial charge >= 0.3 is 0 Å². The second-order valence-electron chi connectivity index (χ2n) is 6.28. The molecule has 0 aliphatic rings. The van der Waals surface area contributed by atoms with Gasteiger partial charge in [-0.2, -0.15) is 0 Å². The number of benzene rings is 3. The lowest BCUT2D eigenvalue weighted by atomic mass is 10.2. The lowest BCUT2D eigenvalue weighted by Gasteiger charge is -2.09. The van der Waals surface area contributed by atoms with Crippen LogP contribution in [0.3, 0.4) is 0 Å². The number of carbonyl (C=O) groups is 1. The summed E-state index contributed by atoms with van der Waals surface area (Å²) >= 11 is 10.7. The maximum absolute atomic E-state index is 12.3. The van der Waals surface area contributed by atoms with Gasteiger partial charge < -0.3 is 14.8 Å². The molecular formula is C21H13BrIN3O3S. The number of anilines is 1. The van der Waals surface area contributed by atoms with Crippen molar-refractivity contribution in [3.63, 3.8) is 0 Å². The molecule has 0 fully saturated rings. The van der Waals surface area contributed by atoms with Crippen molar-refractivity contribution in [3.8, 4) is 17.2 Å². The third-order valence-corrected chi connectivity index (χ3v) is 5.73. The zero-order valence-corrected chi connectivity index (χ0v) is 19.7. The quantitative estimate of drug-likeness (QED) is 0.209. The molecule has 30 heavy (non-hydrogen) atoms. The van der Waals surface area contributed by atoms with Gasteiger partial charge in [-0.3, -0.25) is 10.1 Å². The van der Waals surface area contributed by atoms with E-state index in [-0.39, 0.29) is 16.8 Å². The van der Waals surface area contributed by atoms with E-state index < -0.39 is 0 Å². The molecule has 1 aromatic heterocycles. The Bertz CT molecular complexity index is 1270. The Hall–Kier alpha value is -2.50. The van der Waals surface area contributed by atoms with E-state index in [2.05, 4.69) is 54.1 Å². The van der Waals surface area contributed by atoms with E-state index in [9.17, 15) is 9.90 Å². The Morgan fingerprint density at radius 1 is 1.10 bits per heavy atom. The van der Waals surface area contributed by atoms with Gasteiger partial charge in [0, 0.05) is 20.4 Å². The third-order valence-electron chi connectivity index (χ3n) is 4.17. The molecule has 0 spiro atoms. The fraction of sp³-hybridized carbons (Fsp3) is 0. The van der Waals surface area contributed by atoms with Crippen LogP contribution >= 0.6 is 50.7 Å². The molecule has 4 rings (SSSR count). The zero-order valence-electron chi connectivity index (χ0n) is 15.1. The lowest BCUT2D eigenvalue weighted by Crippen LogP contribution is -2.34. The molecule has 3 N–H and O–H groups in total. The minimum atomic E-state index is -0.286. The van der Waals surface area contributed by atoms with E-state index in [0.717, 1.165) is 9.13 Å². The van der Waals surface area contributed by atoms with Crippen molar-refractivity contribution < 1.29 is 14.3 Å². The number of thiocarbonyl (C=S) groups is 1. The Morgan fingerprint density at radius 3 is 2.60 bits per heavy atom. The number of hydrogen-bond donors (Lipinski definition) is 3. The zero-order chi connectivity index (χ0) is 21.3. The standard InChI is InChI=1S/C21H13BrIN3O3S/c22-15-9-12(3-7-17(15)27)20-25-16-10-14(6-8-18(16)29-20)24-21(30)26-19(28)11-1-4-13(23)5-2-11/h1-10,27H,(H2,24,26,28,30). The van der Waals surface area contributed by atoms with Crippen molar-refractivity contribution in [2.45, 2.75) is 0 Å². The van der Waals surface area contributed by atoms with Gasteiger partial charge in [0.25, 0.3) is 5.91 Å². The number of oxazole rings is 1. The topological polar surface area (TPSA) is 87.4 Å². The van der Waals surface area contributed by atoms with E-state index in [0.29, 0.717) is 32.7 Å². The largest absolute Gasteiger partial charge is 0.507 e. The molecule has 150 valence electrons. The summed E-state index contributed by atoms with van der Waals surface area (Å²) in [7, 11) is 0. The summed E-state index contributed by atoms with van der Waals surface area (Å²) in [5.41, 5.74) is 3.16. The summed E-state index contributed by atoms with van der Waals surface area (Å²) in [6.07, 6.45) is 0. The molecule has 0 saturated carbocycles. The summed E-state index contributed by atoms with van der Waals surface area (Å²) in [6, 6.07) is 17.5. The van der Waals surface area contributed by atoms with Crippen molar-refractivity contribution in [2.24, 2.45) is 0 Å². The highest BCUT2D eigenvalue weighted by Gasteiger charge is 2.12. The second kappa shape index (κ2) is 8.70. The number of phenolic OH excluding ortho intramolecular Hbond substituents is 1. The third kappa shape index (κ3) is 4.63. The van der Waals surface area contributed by atoms with Crippen LogP contribution in [-0.4, -0.2) is 21.1 Å². The van der Waals surface area contributed by atoms with Gasteiger partial charge in [-0.1, -0.05) is 0 Å². The fourth-order valence-corrected chi connectivity index (χ4v) is 3.66. The van der Waals surface area contributed by atoms with Crippen LogP contribution in [0.4, 0.5) is 5.69 Å². The van der Waals surface area contributed by atoms with Crippen LogP contribution in [0, 0.1) is 3.57 Å². The van der Waals surface area contributed by atoms with E-state index >= 15 is 0 Å². The summed E-state index contributed by atoms with van der Waals surface area (Å²) in [5.74, 6) is 0.284. The summed E-state index contributed by atoms with van der Waals surface area (Å²) < 4.78 is 7.40. The average Bonchev–Trinajstić information content (AvgIpc) is 3.13. The van der Waals surface area contributed by atoms with E-state index in [1.807, 2.05) is 12.1 Å². The summed E-state index contributed by atoms with van der Waals surface area (Å²) in [4.78, 5) is 16.8. The number of phenols is 1. The minimum Gasteiger partial charge on any atom is -0.507 e. The number of nitrogens with one attached hydrogen (secondary N) is 2. The monoisotopic (exact) mass is 593 g/mol. The van der Waals surface area contributed by atoms with Gasteiger partial charge in [0.1, 0.15) is 11.3 Å². The first kappa shape index (κ1) is 20.8. The minimum absolute atomic E-state index is 0.141. The van der Waals surface area contributed by atoms with Crippen LogP contribution in [0.15, 0.2) is 69.6 Å². The van der Waals surface area contributed by atoms with Crippen molar-refractivity contribution >= 4 is 78.5 Å². The van der Waals surface area contributed by atoms with Gasteiger partial charge in [-0.25, -0.2) is 4.98 Å². The number of halogens is 2. The number of aromatic nitrogens is 1. The van der Waals surface area contributed by atoms with Crippen LogP contribution < -0.4 is 10.6 Å². The average molecular weight is 594 g/mol. The molecule has 0 saturated heterocycles. The van der Waals surface area contributed by atoms with Crippen LogP contribution in [0.25, 0.3) is 22.6 Å². The summed E-state index contributed by atoms with van der Waals surface area (Å²) in [5, 5.41) is 15.5. The van der Waals surface area contributed by atoms with Gasteiger partial charge in [0.05, 0.1) is 4.47 Å². The first-order valence-corrected chi connectivity index (χ1v) is 10.9. The highest BCUT2D eigenvalue weighted by Crippen LogP contribution is 2.31. The van der Waals surface area contributed by atoms with Crippen LogP contribution in [-0.2, 0) is 0 Å². The Labute approximate surface area is 199 Å². The van der Waals surface area contributed by atoms with Gasteiger partial charge in [-0.15, -0.1) is 0 Å². The van der Waals surface area contributed by atoms with Crippen molar-refractivity contribution in [3.05, 3.63) is 74.3 Å². The Balaban J connectivity index is 1.49. The van der Waals surface area contributed by atoms with E-state index in [4.69, 9.17) is 16.6 Å². The number of aromatic hydroxyl groups is 1. The Kier molecular flexibility index (Phi) is 6.02. The number of fused-ring (bicyclic) bond motifs is 1. The van der Waals surface area contributed by atoms with E-state index in [1.54, 1.807) is 48.5 Å². The molecule has 4 aromatic rings. The molecule has 6 nitrogen and oxygen atoms in total. The number of amides is 1. The molecule has 0 aliphatic carbocycles. The molecular weight excluding hydrogens is 581 g/mol. The van der Waals surface area contributed by atoms with Crippen molar-refractivity contribution in [1.29, 1.82) is 0 Å². The van der Waals surface area contributed by atoms with Gasteiger partial charge in [0.15, 0.2) is 10.7 Å².